The van der Waals surface area contributed by atoms with Crippen molar-refractivity contribution in [2.45, 2.75) is 51.1 Å². The van der Waals surface area contributed by atoms with E-state index < -0.39 is 0 Å². The van der Waals surface area contributed by atoms with E-state index in [0.29, 0.717) is 17.1 Å². The van der Waals surface area contributed by atoms with E-state index in [4.69, 9.17) is 11.6 Å². The van der Waals surface area contributed by atoms with Crippen molar-refractivity contribution in [3.8, 4) is 0 Å². The van der Waals surface area contributed by atoms with Gasteiger partial charge in [-0.2, -0.15) is 0 Å². The van der Waals surface area contributed by atoms with Gasteiger partial charge in [-0.3, -0.25) is 14.6 Å². The lowest BCUT2D eigenvalue weighted by Crippen LogP contribution is -2.42. The fourth-order valence-electron chi connectivity index (χ4n) is 7.31. The van der Waals surface area contributed by atoms with Crippen molar-refractivity contribution in [1.29, 1.82) is 0 Å². The lowest BCUT2D eigenvalue weighted by Gasteiger charge is -2.40. The molecule has 2 fully saturated rings. The number of halogens is 1. The molecule has 6 nitrogen and oxygen atoms in total. The molecule has 0 N–H and O–H groups in total. The molecule has 2 saturated heterocycles. The van der Waals surface area contributed by atoms with Gasteiger partial charge in [0.2, 0.25) is 0 Å². The van der Waals surface area contributed by atoms with Crippen LogP contribution in [0.5, 0.6) is 0 Å². The molecule has 4 heterocycles. The number of benzene rings is 2. The molecule has 1 aromatic heterocycles. The molecular weight excluding hydrogens is 508 g/mol. The van der Waals surface area contributed by atoms with Crippen molar-refractivity contribution >= 4 is 29.1 Å². The van der Waals surface area contributed by atoms with Gasteiger partial charge in [0.1, 0.15) is 0 Å². The minimum atomic E-state index is -0.0279. The van der Waals surface area contributed by atoms with Crippen LogP contribution in [0.1, 0.15) is 75.6 Å². The van der Waals surface area contributed by atoms with Gasteiger partial charge in [0.15, 0.2) is 0 Å². The number of rotatable bonds is 3. The van der Waals surface area contributed by atoms with E-state index in [-0.39, 0.29) is 23.3 Å². The average Bonchev–Trinajstić information content (AvgIpc) is 3.54. The number of hydrogen-bond donors (Lipinski definition) is 0. The fraction of sp³-hybridized carbons (Fsp3) is 0.406. The highest BCUT2D eigenvalue weighted by molar-refractivity contribution is 6.34. The van der Waals surface area contributed by atoms with Crippen molar-refractivity contribution in [2.24, 2.45) is 5.41 Å². The zero-order valence-corrected chi connectivity index (χ0v) is 22.9. The minimum Gasteiger partial charge on any atom is -0.371 e. The van der Waals surface area contributed by atoms with Crippen LogP contribution in [-0.4, -0.2) is 52.8 Å². The molecule has 200 valence electrons. The van der Waals surface area contributed by atoms with Gasteiger partial charge >= 0.3 is 0 Å². The Morgan fingerprint density at radius 3 is 2.56 bits per heavy atom. The molecule has 4 aliphatic rings. The average molecular weight is 541 g/mol. The van der Waals surface area contributed by atoms with Crippen LogP contribution in [0.15, 0.2) is 60.9 Å². The van der Waals surface area contributed by atoms with Crippen molar-refractivity contribution < 1.29 is 9.59 Å². The summed E-state index contributed by atoms with van der Waals surface area (Å²) in [5, 5.41) is 0.523. The van der Waals surface area contributed by atoms with Gasteiger partial charge in [0.25, 0.3) is 11.8 Å². The first-order chi connectivity index (χ1) is 19.0. The Morgan fingerprint density at radius 1 is 0.974 bits per heavy atom. The van der Waals surface area contributed by atoms with Crippen molar-refractivity contribution in [1.82, 2.24) is 14.8 Å². The first-order valence-electron chi connectivity index (χ1n) is 14.2. The highest BCUT2D eigenvalue weighted by Crippen LogP contribution is 2.43. The van der Waals surface area contributed by atoms with Gasteiger partial charge < -0.3 is 14.7 Å². The highest BCUT2D eigenvalue weighted by atomic mass is 35.5. The number of anilines is 1. The first kappa shape index (κ1) is 24.6. The zero-order valence-electron chi connectivity index (χ0n) is 22.1. The molecule has 2 aromatic carbocycles. The van der Waals surface area contributed by atoms with Crippen LogP contribution in [0.4, 0.5) is 5.69 Å². The van der Waals surface area contributed by atoms with Crippen LogP contribution in [0.2, 0.25) is 5.02 Å². The number of carbonyl (C=O) groups excluding carboxylic acids is 2. The Balaban J connectivity index is 1.07. The second-order valence-electron chi connectivity index (χ2n) is 11.7. The van der Waals surface area contributed by atoms with Crippen LogP contribution in [0.3, 0.4) is 0 Å². The second-order valence-corrected chi connectivity index (χ2v) is 12.1. The number of pyridine rings is 1. The molecule has 0 unspecified atom stereocenters. The predicted octanol–water partition coefficient (Wildman–Crippen LogP) is 5.90. The summed E-state index contributed by atoms with van der Waals surface area (Å²) in [6.45, 7) is 4.25. The Morgan fingerprint density at radius 2 is 1.77 bits per heavy atom. The number of fused-ring (bicyclic) bond motifs is 2. The summed E-state index contributed by atoms with van der Waals surface area (Å²) in [7, 11) is 0. The van der Waals surface area contributed by atoms with Crippen LogP contribution in [-0.2, 0) is 13.0 Å². The first-order valence-corrected chi connectivity index (χ1v) is 14.5. The molecule has 3 aliphatic heterocycles. The van der Waals surface area contributed by atoms with Gasteiger partial charge in [0.05, 0.1) is 16.6 Å². The minimum absolute atomic E-state index is 0.00442. The summed E-state index contributed by atoms with van der Waals surface area (Å²) in [6.07, 6.45) is 9.90. The summed E-state index contributed by atoms with van der Waals surface area (Å²) >= 11 is 6.41. The molecule has 1 atom stereocenters. The summed E-state index contributed by atoms with van der Waals surface area (Å²) in [5.41, 5.74) is 6.19. The Hall–Kier alpha value is -3.38. The van der Waals surface area contributed by atoms with Crippen molar-refractivity contribution in [2.75, 3.05) is 31.1 Å². The lowest BCUT2D eigenvalue weighted by molar-refractivity contribution is 0.0682. The lowest BCUT2D eigenvalue weighted by atomic mass is 9.77. The SMILES string of the molecule is O=C(c1ccc2c(c1)[C@H](N1Cc3cccc(Cl)c3C1=O)CCC2)N1CCC2(CCN(c3ccncc3)CC2)C1. The van der Waals surface area contributed by atoms with Crippen molar-refractivity contribution in [3.63, 3.8) is 0 Å². The van der Waals surface area contributed by atoms with E-state index in [1.807, 2.05) is 35.5 Å². The fourth-order valence-corrected chi connectivity index (χ4v) is 7.59. The van der Waals surface area contributed by atoms with E-state index in [9.17, 15) is 9.59 Å². The molecule has 7 heteroatoms. The number of piperidine rings is 1. The molecule has 2 amide bonds. The third kappa shape index (κ3) is 4.29. The molecule has 0 bridgehead atoms. The van der Waals surface area contributed by atoms with Gasteiger partial charge in [-0.15, -0.1) is 0 Å². The van der Waals surface area contributed by atoms with E-state index >= 15 is 0 Å². The van der Waals surface area contributed by atoms with Gasteiger partial charge in [-0.05, 0) is 91.0 Å². The molecule has 3 aromatic rings. The maximum Gasteiger partial charge on any atom is 0.256 e. The predicted molar refractivity (Wildman–Crippen MR) is 152 cm³/mol. The summed E-state index contributed by atoms with van der Waals surface area (Å²) in [5.74, 6) is 0.124. The quantitative estimate of drug-likeness (QED) is 0.415. The largest absolute Gasteiger partial charge is 0.371 e. The number of likely N-dealkylation sites (tertiary alicyclic amines) is 1. The molecule has 7 rings (SSSR count). The topological polar surface area (TPSA) is 56.8 Å². The number of carbonyl (C=O) groups is 2. The summed E-state index contributed by atoms with van der Waals surface area (Å²) in [4.78, 5) is 37.8. The molecular formula is C32H33ClN4O2. The summed E-state index contributed by atoms with van der Waals surface area (Å²) < 4.78 is 0. The van der Waals surface area contributed by atoms with Crippen LogP contribution < -0.4 is 4.90 Å². The van der Waals surface area contributed by atoms with E-state index in [2.05, 4.69) is 39.0 Å². The van der Waals surface area contributed by atoms with E-state index in [1.165, 1.54) is 11.3 Å². The smallest absolute Gasteiger partial charge is 0.256 e. The van der Waals surface area contributed by atoms with Crippen LogP contribution >= 0.6 is 11.6 Å². The third-order valence-electron chi connectivity index (χ3n) is 9.54. The summed E-state index contributed by atoms with van der Waals surface area (Å²) in [6, 6.07) is 16.0. The van der Waals surface area contributed by atoms with E-state index in [1.54, 1.807) is 6.07 Å². The van der Waals surface area contributed by atoms with Gasteiger partial charge in [-0.25, -0.2) is 0 Å². The number of nitrogens with zero attached hydrogens (tertiary/aromatic N) is 4. The standard InChI is InChI=1S/C32H33ClN4O2/c33-27-5-1-4-24-20-37(31(39)29(24)27)28-6-2-3-22-7-8-23(19-26(22)28)30(38)36-18-13-32(21-36)11-16-35(17-12-32)25-9-14-34-15-10-25/h1,4-5,7-10,14-15,19,28H,2-3,6,11-13,16-18,20-21H2/t28-/m1/s1. The number of aryl methyl sites for hydroxylation is 1. The third-order valence-corrected chi connectivity index (χ3v) is 9.86. The number of aromatic nitrogens is 1. The maximum absolute atomic E-state index is 13.8. The molecule has 1 spiro atoms. The van der Waals surface area contributed by atoms with Crippen molar-refractivity contribution in [3.05, 3.63) is 93.8 Å². The Bertz CT molecular complexity index is 1430. The monoisotopic (exact) mass is 540 g/mol. The Labute approximate surface area is 234 Å². The molecule has 0 radical (unpaired) electrons. The number of amides is 2. The molecule has 1 aliphatic carbocycles. The maximum atomic E-state index is 13.8. The molecule has 0 saturated carbocycles. The number of hydrogen-bond acceptors (Lipinski definition) is 4. The Kier molecular flexibility index (Phi) is 6.11. The van der Waals surface area contributed by atoms with Gasteiger partial charge in [0, 0.05) is 56.4 Å². The van der Waals surface area contributed by atoms with E-state index in [0.717, 1.165) is 81.4 Å². The van der Waals surface area contributed by atoms with Crippen LogP contribution in [0.25, 0.3) is 0 Å². The zero-order chi connectivity index (χ0) is 26.6. The van der Waals surface area contributed by atoms with Gasteiger partial charge in [-0.1, -0.05) is 29.8 Å². The normalized spacial score (nSPS) is 21.8. The second kappa shape index (κ2) is 9.67. The van der Waals surface area contributed by atoms with Crippen LogP contribution in [0, 0.1) is 5.41 Å². The highest BCUT2D eigenvalue weighted by Gasteiger charge is 2.43. The molecule has 39 heavy (non-hydrogen) atoms.